The molecule has 0 aromatic heterocycles. The number of amides is 3. The fourth-order valence-corrected chi connectivity index (χ4v) is 2.96. The first kappa shape index (κ1) is 20.5. The lowest BCUT2D eigenvalue weighted by Gasteiger charge is -2.31. The monoisotopic (exact) mass is 384 g/mol. The van der Waals surface area contributed by atoms with E-state index in [0.717, 1.165) is 6.92 Å². The number of aliphatic hydroxyl groups is 1. The topological polar surface area (TPSA) is 86.7 Å². The summed E-state index contributed by atoms with van der Waals surface area (Å²) < 4.78 is 42.2. The second-order valence-electron chi connectivity index (χ2n) is 6.64. The van der Waals surface area contributed by atoms with Gasteiger partial charge in [0, 0.05) is 6.42 Å². The number of halogens is 3. The molecule has 2 rings (SSSR count). The Morgan fingerprint density at radius 1 is 1.22 bits per heavy atom. The summed E-state index contributed by atoms with van der Waals surface area (Å²) in [5, 5.41) is 11.5. The highest BCUT2D eigenvalue weighted by atomic mass is 19.4. The van der Waals surface area contributed by atoms with Gasteiger partial charge in [0.1, 0.15) is 5.76 Å². The van der Waals surface area contributed by atoms with E-state index in [-0.39, 0.29) is 18.0 Å². The summed E-state index contributed by atoms with van der Waals surface area (Å²) in [7, 11) is 0. The van der Waals surface area contributed by atoms with Crippen molar-refractivity contribution in [2.24, 2.45) is 5.92 Å². The summed E-state index contributed by atoms with van der Waals surface area (Å²) in [6.07, 6.45) is -5.64. The van der Waals surface area contributed by atoms with Gasteiger partial charge in [-0.1, -0.05) is 32.0 Å². The van der Waals surface area contributed by atoms with E-state index in [4.69, 9.17) is 0 Å². The van der Waals surface area contributed by atoms with Crippen LogP contribution in [0.2, 0.25) is 0 Å². The van der Waals surface area contributed by atoms with Crippen LogP contribution in [0.3, 0.4) is 0 Å². The predicted molar refractivity (Wildman–Crippen MR) is 90.6 cm³/mol. The van der Waals surface area contributed by atoms with Crippen molar-refractivity contribution in [3.05, 3.63) is 41.7 Å². The molecule has 0 saturated carbocycles. The summed E-state index contributed by atoms with van der Waals surface area (Å²) in [6.45, 7) is 4.10. The number of benzene rings is 1. The quantitative estimate of drug-likeness (QED) is 0.475. The van der Waals surface area contributed by atoms with Crippen molar-refractivity contribution in [1.29, 1.82) is 0 Å². The Morgan fingerprint density at radius 2 is 1.78 bits per heavy atom. The molecule has 6 nitrogen and oxygen atoms in total. The van der Waals surface area contributed by atoms with Gasteiger partial charge in [0.05, 0.1) is 11.3 Å². The van der Waals surface area contributed by atoms with E-state index in [1.54, 1.807) is 25.2 Å². The van der Waals surface area contributed by atoms with E-state index in [1.807, 2.05) is 0 Å². The Morgan fingerprint density at radius 3 is 2.22 bits per heavy atom. The molecular formula is C18H19F3N2O4. The minimum atomic E-state index is -5.35. The average Bonchev–Trinajstić information content (AvgIpc) is 2.75. The number of hydrogen-bond acceptors (Lipinski definition) is 4. The number of para-hydroxylation sites is 1. The minimum absolute atomic E-state index is 0.101. The molecule has 1 aromatic rings. The number of nitrogens with one attached hydrogen (secondary N) is 1. The first-order valence-corrected chi connectivity index (χ1v) is 8.15. The van der Waals surface area contributed by atoms with Gasteiger partial charge in [-0.3, -0.25) is 14.4 Å². The zero-order valence-electron chi connectivity index (χ0n) is 14.9. The highest BCUT2D eigenvalue weighted by Gasteiger charge is 2.72. The summed E-state index contributed by atoms with van der Waals surface area (Å²) in [6, 6.07) is 7.00. The van der Waals surface area contributed by atoms with Crippen LogP contribution in [0.1, 0.15) is 27.2 Å². The molecule has 1 aliphatic rings. The summed E-state index contributed by atoms with van der Waals surface area (Å²) in [4.78, 5) is 38.0. The number of nitrogens with zero attached hydrogens (tertiary/aromatic N) is 1. The zero-order chi connectivity index (χ0) is 20.6. The second kappa shape index (κ2) is 7.05. The molecule has 1 aromatic carbocycles. The highest BCUT2D eigenvalue weighted by Crippen LogP contribution is 2.45. The van der Waals surface area contributed by atoms with Crippen LogP contribution in [-0.4, -0.2) is 34.5 Å². The molecule has 1 fully saturated rings. The first-order valence-electron chi connectivity index (χ1n) is 8.15. The van der Waals surface area contributed by atoms with Gasteiger partial charge in [0.15, 0.2) is 0 Å². The van der Waals surface area contributed by atoms with Crippen molar-refractivity contribution in [2.45, 2.75) is 38.9 Å². The third kappa shape index (κ3) is 3.41. The molecule has 0 radical (unpaired) electrons. The van der Waals surface area contributed by atoms with Gasteiger partial charge in [-0.15, -0.1) is 0 Å². The number of anilines is 1. The van der Waals surface area contributed by atoms with E-state index < -0.39 is 40.8 Å². The molecule has 0 bridgehead atoms. The molecule has 27 heavy (non-hydrogen) atoms. The predicted octanol–water partition coefficient (Wildman–Crippen LogP) is 2.86. The number of hydrogen-bond donors (Lipinski definition) is 2. The number of aliphatic hydroxyl groups excluding tert-OH is 1. The van der Waals surface area contributed by atoms with E-state index in [0.29, 0.717) is 4.90 Å². The molecule has 2 N–H and O–H groups in total. The van der Waals surface area contributed by atoms with Crippen molar-refractivity contribution in [2.75, 3.05) is 4.90 Å². The van der Waals surface area contributed by atoms with Gasteiger partial charge >= 0.3 is 6.18 Å². The van der Waals surface area contributed by atoms with Gasteiger partial charge < -0.3 is 10.4 Å². The van der Waals surface area contributed by atoms with Gasteiger partial charge in [-0.2, -0.15) is 13.2 Å². The smallest absolute Gasteiger partial charge is 0.425 e. The van der Waals surface area contributed by atoms with Crippen LogP contribution < -0.4 is 10.2 Å². The van der Waals surface area contributed by atoms with Gasteiger partial charge in [-0.05, 0) is 25.0 Å². The number of carbonyl (C=O) groups excluding carboxylic acids is 3. The number of allylic oxidation sites excluding steroid dienone is 1. The molecule has 146 valence electrons. The average molecular weight is 384 g/mol. The molecule has 9 heteroatoms. The van der Waals surface area contributed by atoms with Gasteiger partial charge in [0.2, 0.25) is 5.91 Å². The number of carbonyl (C=O) groups is 3. The molecule has 1 aliphatic heterocycles. The molecule has 1 atom stereocenters. The molecule has 0 spiro atoms. The zero-order valence-corrected chi connectivity index (χ0v) is 14.9. The van der Waals surface area contributed by atoms with Crippen LogP contribution in [0.25, 0.3) is 0 Å². The van der Waals surface area contributed by atoms with Crippen molar-refractivity contribution in [1.82, 2.24) is 5.32 Å². The number of imide groups is 1. The Labute approximate surface area is 153 Å². The maximum absolute atomic E-state index is 14.1. The SMILES string of the molecule is CC(O)=C1C(=O)N(c2ccccc2)C(=O)C1(NC(=O)CC(C)C)C(F)(F)F. The molecule has 1 unspecified atom stereocenters. The largest absolute Gasteiger partial charge is 0.512 e. The number of rotatable bonds is 4. The molecule has 3 amide bonds. The third-order valence-electron chi connectivity index (χ3n) is 4.04. The van der Waals surface area contributed by atoms with E-state index in [1.165, 1.54) is 24.3 Å². The molecule has 1 heterocycles. The van der Waals surface area contributed by atoms with Crippen LogP contribution >= 0.6 is 0 Å². The summed E-state index contributed by atoms with van der Waals surface area (Å²) in [5.74, 6) is -5.36. The lowest BCUT2D eigenvalue weighted by atomic mass is 9.89. The van der Waals surface area contributed by atoms with Crippen LogP contribution in [-0.2, 0) is 14.4 Å². The minimum Gasteiger partial charge on any atom is -0.512 e. The van der Waals surface area contributed by atoms with Crippen LogP contribution in [0, 0.1) is 5.92 Å². The third-order valence-corrected chi connectivity index (χ3v) is 4.04. The van der Waals surface area contributed by atoms with E-state index in [9.17, 15) is 32.7 Å². The normalized spacial score (nSPS) is 22.4. The van der Waals surface area contributed by atoms with E-state index in [2.05, 4.69) is 0 Å². The highest BCUT2D eigenvalue weighted by molar-refractivity contribution is 6.34. The Balaban J connectivity index is 2.69. The maximum atomic E-state index is 14.1. The molecule has 0 aliphatic carbocycles. The van der Waals surface area contributed by atoms with Crippen molar-refractivity contribution in [3.63, 3.8) is 0 Å². The fraction of sp³-hybridized carbons (Fsp3) is 0.389. The Hall–Kier alpha value is -2.84. The van der Waals surface area contributed by atoms with Crippen LogP contribution in [0.15, 0.2) is 41.7 Å². The van der Waals surface area contributed by atoms with Crippen LogP contribution in [0.4, 0.5) is 18.9 Å². The molecule has 1 saturated heterocycles. The lowest BCUT2D eigenvalue weighted by Crippen LogP contribution is -2.64. The van der Waals surface area contributed by atoms with Gasteiger partial charge in [-0.25, -0.2) is 4.90 Å². The summed E-state index contributed by atoms with van der Waals surface area (Å²) >= 11 is 0. The van der Waals surface area contributed by atoms with E-state index >= 15 is 0 Å². The molecular weight excluding hydrogens is 365 g/mol. The number of alkyl halides is 3. The summed E-state index contributed by atoms with van der Waals surface area (Å²) in [5.41, 5.74) is -4.96. The van der Waals surface area contributed by atoms with Crippen molar-refractivity contribution in [3.8, 4) is 0 Å². The van der Waals surface area contributed by atoms with Crippen LogP contribution in [0.5, 0.6) is 0 Å². The maximum Gasteiger partial charge on any atom is 0.425 e. The van der Waals surface area contributed by atoms with Crippen molar-refractivity contribution < 1.29 is 32.7 Å². The van der Waals surface area contributed by atoms with Gasteiger partial charge in [0.25, 0.3) is 17.4 Å². The standard InChI is InChI=1S/C18H19F3N2O4/c1-10(2)9-13(25)22-17(18(19,20)21)14(11(3)24)15(26)23(16(17)27)12-7-5-4-6-8-12/h4-8,10,24H,9H2,1-3H3,(H,22,25). The Kier molecular flexibility index (Phi) is 5.35. The first-order chi connectivity index (χ1) is 12.4. The fourth-order valence-electron chi connectivity index (χ4n) is 2.96. The van der Waals surface area contributed by atoms with Crippen molar-refractivity contribution >= 4 is 23.4 Å². The Bertz CT molecular complexity index is 799. The second-order valence-corrected chi connectivity index (χ2v) is 6.64. The lowest BCUT2D eigenvalue weighted by molar-refractivity contribution is -0.189.